The molecule has 0 bridgehead atoms. The molecule has 0 aliphatic carbocycles. The second-order valence-electron chi connectivity index (χ2n) is 4.08. The molecule has 1 aliphatic rings. The molecule has 5 nitrogen and oxygen atoms in total. The first-order valence-corrected chi connectivity index (χ1v) is 6.23. The highest BCUT2D eigenvalue weighted by Gasteiger charge is 2.22. The fourth-order valence-electron chi connectivity index (χ4n) is 2.12. The Balaban J connectivity index is 2.13. The minimum absolute atomic E-state index is 0.229. The van der Waals surface area contributed by atoms with E-state index in [-0.39, 0.29) is 11.4 Å². The summed E-state index contributed by atoms with van der Waals surface area (Å²) < 4.78 is 5.65. The van der Waals surface area contributed by atoms with Crippen LogP contribution in [-0.4, -0.2) is 35.8 Å². The topological polar surface area (TPSA) is 64.3 Å². The van der Waals surface area contributed by atoms with Crippen molar-refractivity contribution >= 4 is 23.1 Å². The summed E-state index contributed by atoms with van der Waals surface area (Å²) in [6.45, 7) is 4.49. The molecule has 2 N–H and O–H groups in total. The van der Waals surface area contributed by atoms with Crippen LogP contribution in [0, 0.1) is 0 Å². The summed E-state index contributed by atoms with van der Waals surface area (Å²) in [5, 5.41) is 0.229. The summed E-state index contributed by atoms with van der Waals surface area (Å²) in [6, 6.07) is 0. The van der Waals surface area contributed by atoms with Crippen LogP contribution in [0.5, 0.6) is 0 Å². The molecule has 6 heteroatoms. The molecule has 0 aromatic carbocycles. The van der Waals surface area contributed by atoms with E-state index in [1.165, 1.54) is 0 Å². The quantitative estimate of drug-likeness (QED) is 0.835. The molecule has 17 heavy (non-hydrogen) atoms. The van der Waals surface area contributed by atoms with Crippen LogP contribution in [0.15, 0.2) is 6.20 Å². The molecule has 94 valence electrons. The van der Waals surface area contributed by atoms with Crippen LogP contribution in [0.2, 0.25) is 5.28 Å². The number of halogens is 1. The Bertz CT molecular complexity index is 386. The fourth-order valence-corrected chi connectivity index (χ4v) is 2.25. The number of nitrogens with two attached hydrogens (primary N) is 1. The second-order valence-corrected chi connectivity index (χ2v) is 4.42. The van der Waals surface area contributed by atoms with Crippen molar-refractivity contribution in [1.82, 2.24) is 9.97 Å². The molecule has 1 aliphatic heterocycles. The summed E-state index contributed by atoms with van der Waals surface area (Å²) >= 11 is 5.80. The number of hydrogen-bond acceptors (Lipinski definition) is 5. The van der Waals surface area contributed by atoms with Crippen LogP contribution in [0.1, 0.15) is 19.8 Å². The Morgan fingerprint density at radius 3 is 3.24 bits per heavy atom. The lowest BCUT2D eigenvalue weighted by Gasteiger charge is -2.33. The number of anilines is 2. The summed E-state index contributed by atoms with van der Waals surface area (Å²) in [5.41, 5.74) is 6.44. The lowest BCUT2D eigenvalue weighted by atomic mass is 10.1. The molecule has 2 rings (SSSR count). The van der Waals surface area contributed by atoms with E-state index in [1.54, 1.807) is 6.20 Å². The number of nitrogens with zero attached hydrogens (tertiary/aromatic N) is 3. The van der Waals surface area contributed by atoms with E-state index in [1.807, 2.05) is 6.92 Å². The van der Waals surface area contributed by atoms with E-state index in [0.717, 1.165) is 38.4 Å². The van der Waals surface area contributed by atoms with Crippen molar-refractivity contribution in [2.24, 2.45) is 0 Å². The van der Waals surface area contributed by atoms with E-state index in [9.17, 15) is 0 Å². The van der Waals surface area contributed by atoms with Gasteiger partial charge in [-0.2, -0.15) is 4.98 Å². The fraction of sp³-hybridized carbons (Fsp3) is 0.636. The molecule has 1 aromatic heterocycles. The van der Waals surface area contributed by atoms with Crippen LogP contribution < -0.4 is 10.6 Å². The predicted octanol–water partition coefficient (Wildman–Crippen LogP) is 1.72. The molecular weight excluding hydrogens is 240 g/mol. The van der Waals surface area contributed by atoms with Crippen LogP contribution in [0.4, 0.5) is 11.5 Å². The maximum absolute atomic E-state index is 5.87. The maximum Gasteiger partial charge on any atom is 0.224 e. The van der Waals surface area contributed by atoms with E-state index in [2.05, 4.69) is 14.9 Å². The summed E-state index contributed by atoms with van der Waals surface area (Å²) in [7, 11) is 0. The van der Waals surface area contributed by atoms with E-state index >= 15 is 0 Å². The van der Waals surface area contributed by atoms with Crippen molar-refractivity contribution < 1.29 is 4.74 Å². The molecule has 0 saturated carbocycles. The molecule has 0 spiro atoms. The van der Waals surface area contributed by atoms with Crippen LogP contribution in [0.3, 0.4) is 0 Å². The third kappa shape index (κ3) is 2.98. The van der Waals surface area contributed by atoms with Crippen LogP contribution in [0.25, 0.3) is 0 Å². The number of piperidine rings is 1. The van der Waals surface area contributed by atoms with Gasteiger partial charge in [0.2, 0.25) is 5.28 Å². The number of nitrogen functional groups attached to an aromatic ring is 1. The maximum atomic E-state index is 5.87. The average Bonchev–Trinajstić information content (AvgIpc) is 2.33. The standard InChI is InChI=1S/C11H17ClN4O/c1-2-17-8-4-3-5-16(7-8)10-9(13)6-14-11(12)15-10/h6,8H,2-5,7,13H2,1H3. The Morgan fingerprint density at radius 1 is 1.65 bits per heavy atom. The lowest BCUT2D eigenvalue weighted by Crippen LogP contribution is -2.40. The first-order valence-electron chi connectivity index (χ1n) is 5.85. The molecule has 1 aromatic rings. The Labute approximate surface area is 106 Å². The third-order valence-electron chi connectivity index (χ3n) is 2.85. The highest BCUT2D eigenvalue weighted by molar-refractivity contribution is 6.28. The summed E-state index contributed by atoms with van der Waals surface area (Å²) in [5.74, 6) is 0.717. The largest absolute Gasteiger partial charge is 0.394 e. The molecule has 1 atom stereocenters. The highest BCUT2D eigenvalue weighted by Crippen LogP contribution is 2.25. The van der Waals surface area contributed by atoms with Gasteiger partial charge < -0.3 is 15.4 Å². The molecule has 2 heterocycles. The van der Waals surface area contributed by atoms with E-state index in [0.29, 0.717) is 5.69 Å². The van der Waals surface area contributed by atoms with Crippen molar-refractivity contribution in [2.45, 2.75) is 25.9 Å². The van der Waals surface area contributed by atoms with Crippen molar-refractivity contribution in [2.75, 3.05) is 30.3 Å². The third-order valence-corrected chi connectivity index (χ3v) is 3.03. The van der Waals surface area contributed by atoms with Gasteiger partial charge in [-0.3, -0.25) is 0 Å². The van der Waals surface area contributed by atoms with Gasteiger partial charge in [-0.05, 0) is 31.4 Å². The number of hydrogen-bond donors (Lipinski definition) is 1. The Kier molecular flexibility index (Phi) is 4.02. The zero-order valence-electron chi connectivity index (χ0n) is 9.90. The average molecular weight is 257 g/mol. The predicted molar refractivity (Wildman–Crippen MR) is 68.3 cm³/mol. The van der Waals surface area contributed by atoms with Gasteiger partial charge in [0, 0.05) is 19.7 Å². The van der Waals surface area contributed by atoms with E-state index in [4.69, 9.17) is 22.1 Å². The van der Waals surface area contributed by atoms with Crippen molar-refractivity contribution in [1.29, 1.82) is 0 Å². The number of rotatable bonds is 3. The SMILES string of the molecule is CCOC1CCCN(c2nc(Cl)ncc2N)C1. The molecule has 0 amide bonds. The molecular formula is C11H17ClN4O. The first kappa shape index (κ1) is 12.4. The Hall–Kier alpha value is -1.07. The summed E-state index contributed by atoms with van der Waals surface area (Å²) in [6.07, 6.45) is 3.96. The van der Waals surface area contributed by atoms with Crippen LogP contribution in [-0.2, 0) is 4.74 Å². The molecule has 1 saturated heterocycles. The van der Waals surface area contributed by atoms with Crippen molar-refractivity contribution in [3.8, 4) is 0 Å². The molecule has 0 radical (unpaired) electrons. The number of aromatic nitrogens is 2. The van der Waals surface area contributed by atoms with Gasteiger partial charge in [0.1, 0.15) is 0 Å². The zero-order valence-corrected chi connectivity index (χ0v) is 10.7. The van der Waals surface area contributed by atoms with Crippen LogP contribution >= 0.6 is 11.6 Å². The Morgan fingerprint density at radius 2 is 2.47 bits per heavy atom. The van der Waals surface area contributed by atoms with Gasteiger partial charge in [-0.1, -0.05) is 0 Å². The summed E-state index contributed by atoms with van der Waals surface area (Å²) in [4.78, 5) is 10.2. The van der Waals surface area contributed by atoms with E-state index < -0.39 is 0 Å². The smallest absolute Gasteiger partial charge is 0.224 e. The minimum atomic E-state index is 0.229. The van der Waals surface area contributed by atoms with Gasteiger partial charge in [0.05, 0.1) is 18.0 Å². The normalized spacial score (nSPS) is 20.6. The highest BCUT2D eigenvalue weighted by atomic mass is 35.5. The monoisotopic (exact) mass is 256 g/mol. The second kappa shape index (κ2) is 5.51. The van der Waals surface area contributed by atoms with Crippen molar-refractivity contribution in [3.05, 3.63) is 11.5 Å². The number of ether oxygens (including phenoxy) is 1. The van der Waals surface area contributed by atoms with Gasteiger partial charge in [-0.15, -0.1) is 0 Å². The minimum Gasteiger partial charge on any atom is -0.394 e. The first-order chi connectivity index (χ1) is 8.20. The molecule has 1 unspecified atom stereocenters. The van der Waals surface area contributed by atoms with Gasteiger partial charge in [-0.25, -0.2) is 4.98 Å². The van der Waals surface area contributed by atoms with Gasteiger partial charge in [0.15, 0.2) is 5.82 Å². The van der Waals surface area contributed by atoms with Gasteiger partial charge >= 0.3 is 0 Å². The zero-order chi connectivity index (χ0) is 12.3. The lowest BCUT2D eigenvalue weighted by molar-refractivity contribution is 0.0525. The molecule has 1 fully saturated rings. The van der Waals surface area contributed by atoms with Crippen molar-refractivity contribution in [3.63, 3.8) is 0 Å². The van der Waals surface area contributed by atoms with Gasteiger partial charge in [0.25, 0.3) is 0 Å².